The third-order valence-electron chi connectivity index (χ3n) is 8.50. The third-order valence-corrected chi connectivity index (χ3v) is 8.50. The van der Waals surface area contributed by atoms with Crippen LogP contribution in [0.5, 0.6) is 0 Å². The fourth-order valence-electron chi connectivity index (χ4n) is 6.04. The van der Waals surface area contributed by atoms with E-state index >= 15 is 0 Å². The maximum atomic E-state index is 5.37. The van der Waals surface area contributed by atoms with E-state index in [1.54, 1.807) is 0 Å². The van der Waals surface area contributed by atoms with Crippen LogP contribution >= 0.6 is 0 Å². The van der Waals surface area contributed by atoms with Gasteiger partial charge in [0, 0.05) is 11.4 Å². The van der Waals surface area contributed by atoms with Crippen LogP contribution in [-0.2, 0) is 0 Å². The number of nitrogens with one attached hydrogen (secondary N) is 1. The highest BCUT2D eigenvalue weighted by atomic mass is 15.1. The number of benzene rings is 7. The predicted molar refractivity (Wildman–Crippen MR) is 200 cm³/mol. The molecule has 0 heterocycles. The maximum Gasteiger partial charge on any atom is 0.145 e. The topological polar surface area (TPSA) is 24.4 Å². The van der Waals surface area contributed by atoms with Crippen molar-refractivity contribution < 1.29 is 0 Å². The third kappa shape index (κ3) is 6.98. The van der Waals surface area contributed by atoms with Gasteiger partial charge in [0.2, 0.25) is 0 Å². The summed E-state index contributed by atoms with van der Waals surface area (Å²) in [6.45, 7) is 2.12. The van der Waals surface area contributed by atoms with Crippen molar-refractivity contribution in [2.45, 2.75) is 13.1 Å². The molecule has 226 valence electrons. The molecule has 0 radical (unpaired) electrons. The molecule has 0 aliphatic heterocycles. The van der Waals surface area contributed by atoms with Crippen molar-refractivity contribution >= 4 is 11.4 Å². The van der Waals surface area contributed by atoms with Crippen LogP contribution in [0, 0.1) is 0 Å². The molecule has 0 amide bonds. The second-order valence-corrected chi connectivity index (χ2v) is 11.7. The van der Waals surface area contributed by atoms with Crippen LogP contribution in [0.1, 0.15) is 24.2 Å². The summed E-state index contributed by atoms with van der Waals surface area (Å²) >= 11 is 0. The summed E-state index contributed by atoms with van der Waals surface area (Å²) < 4.78 is 0. The van der Waals surface area contributed by atoms with Gasteiger partial charge in [0.1, 0.15) is 6.17 Å². The van der Waals surface area contributed by atoms with Crippen LogP contribution in [0.15, 0.2) is 193 Å². The zero-order valence-corrected chi connectivity index (χ0v) is 26.4. The van der Waals surface area contributed by atoms with Gasteiger partial charge in [-0.3, -0.25) is 4.99 Å². The van der Waals surface area contributed by atoms with Crippen LogP contribution in [0.25, 0.3) is 44.5 Å². The molecule has 0 aromatic heterocycles. The molecule has 0 saturated carbocycles. The van der Waals surface area contributed by atoms with Gasteiger partial charge in [0.15, 0.2) is 0 Å². The molecule has 7 rings (SSSR count). The van der Waals surface area contributed by atoms with E-state index in [1.807, 2.05) is 0 Å². The Labute approximate surface area is 277 Å². The van der Waals surface area contributed by atoms with E-state index in [9.17, 15) is 0 Å². The highest BCUT2D eigenvalue weighted by Gasteiger charge is 2.15. The molecule has 0 bridgehead atoms. The lowest BCUT2D eigenvalue weighted by atomic mass is 9.94. The first-order valence-electron chi connectivity index (χ1n) is 16.1. The Balaban J connectivity index is 1.30. The largest absolute Gasteiger partial charge is 0.360 e. The number of rotatable bonds is 9. The van der Waals surface area contributed by atoms with E-state index in [-0.39, 0.29) is 6.17 Å². The average molecular weight is 605 g/mol. The molecule has 1 unspecified atom stereocenters. The molecular weight excluding hydrogens is 569 g/mol. The van der Waals surface area contributed by atoms with Crippen molar-refractivity contribution in [1.29, 1.82) is 0 Å². The van der Waals surface area contributed by atoms with Crippen molar-refractivity contribution in [2.24, 2.45) is 4.99 Å². The molecule has 1 N–H and O–H groups in total. The number of hydrogen-bond acceptors (Lipinski definition) is 2. The standard InChI is InChI=1S/C45H36N2/c1-33(39-29-40(34-17-7-2-8-18-34)31-41(30-39)35-19-9-3-10-20-35)46-45(38-25-15-6-16-26-38)47-42-27-28-43(36-21-11-4-12-22-36)44(32-42)37-23-13-5-14-24-37/h2-32,45,47H,1H3. The first-order chi connectivity index (χ1) is 23.2. The van der Waals surface area contributed by atoms with Gasteiger partial charge in [0.25, 0.3) is 0 Å². The Morgan fingerprint density at radius 2 is 0.872 bits per heavy atom. The Morgan fingerprint density at radius 1 is 0.426 bits per heavy atom. The molecule has 0 saturated heterocycles. The summed E-state index contributed by atoms with van der Waals surface area (Å²) in [4.78, 5) is 5.37. The first kappa shape index (κ1) is 29.7. The Bertz CT molecular complexity index is 2030. The van der Waals surface area contributed by atoms with Crippen LogP contribution in [0.3, 0.4) is 0 Å². The number of aliphatic imine (C=N–C) groups is 1. The molecule has 47 heavy (non-hydrogen) atoms. The summed E-state index contributed by atoms with van der Waals surface area (Å²) in [5.41, 5.74) is 13.6. The first-order valence-corrected chi connectivity index (χ1v) is 16.1. The van der Waals surface area contributed by atoms with Crippen molar-refractivity contribution in [2.75, 3.05) is 5.32 Å². The van der Waals surface area contributed by atoms with Crippen molar-refractivity contribution in [3.63, 3.8) is 0 Å². The van der Waals surface area contributed by atoms with Crippen molar-refractivity contribution in [1.82, 2.24) is 0 Å². The minimum Gasteiger partial charge on any atom is -0.360 e. The van der Waals surface area contributed by atoms with Gasteiger partial charge in [-0.25, -0.2) is 0 Å². The lowest BCUT2D eigenvalue weighted by Gasteiger charge is -2.20. The fraction of sp³-hybridized carbons (Fsp3) is 0.0444. The summed E-state index contributed by atoms with van der Waals surface area (Å²) in [6, 6.07) is 66.2. The quantitative estimate of drug-likeness (QED) is 0.163. The van der Waals surface area contributed by atoms with E-state index in [1.165, 1.54) is 44.5 Å². The monoisotopic (exact) mass is 604 g/mol. The molecular formula is C45H36N2. The molecule has 2 nitrogen and oxygen atoms in total. The Kier molecular flexibility index (Phi) is 8.83. The smallest absolute Gasteiger partial charge is 0.145 e. The van der Waals surface area contributed by atoms with E-state index in [4.69, 9.17) is 4.99 Å². The Morgan fingerprint density at radius 3 is 1.38 bits per heavy atom. The van der Waals surface area contributed by atoms with Gasteiger partial charge in [-0.2, -0.15) is 0 Å². The highest BCUT2D eigenvalue weighted by Crippen LogP contribution is 2.36. The predicted octanol–water partition coefficient (Wildman–Crippen LogP) is 12.0. The zero-order chi connectivity index (χ0) is 31.8. The van der Waals surface area contributed by atoms with Gasteiger partial charge >= 0.3 is 0 Å². The summed E-state index contributed by atoms with van der Waals surface area (Å²) in [5.74, 6) is 0. The Hall–Kier alpha value is -5.99. The summed E-state index contributed by atoms with van der Waals surface area (Å²) in [7, 11) is 0. The second kappa shape index (κ2) is 14.0. The minimum atomic E-state index is -0.289. The normalized spacial score (nSPS) is 12.0. The fourth-order valence-corrected chi connectivity index (χ4v) is 6.04. The van der Waals surface area contributed by atoms with Crippen LogP contribution in [-0.4, -0.2) is 5.71 Å². The molecule has 7 aromatic carbocycles. The number of nitrogens with zero attached hydrogens (tertiary/aromatic N) is 1. The average Bonchev–Trinajstić information content (AvgIpc) is 3.16. The lowest BCUT2D eigenvalue weighted by molar-refractivity contribution is 0.837. The van der Waals surface area contributed by atoms with Gasteiger partial charge in [0.05, 0.1) is 0 Å². The molecule has 0 aliphatic rings. The number of anilines is 1. The second-order valence-electron chi connectivity index (χ2n) is 11.7. The maximum absolute atomic E-state index is 5.37. The van der Waals surface area contributed by atoms with Crippen molar-refractivity contribution in [3.8, 4) is 44.5 Å². The van der Waals surface area contributed by atoms with Crippen molar-refractivity contribution in [3.05, 3.63) is 199 Å². The van der Waals surface area contributed by atoms with Crippen LogP contribution in [0.4, 0.5) is 5.69 Å². The molecule has 1 atom stereocenters. The van der Waals surface area contributed by atoms with Gasteiger partial charge in [-0.05, 0) is 92.9 Å². The van der Waals surface area contributed by atoms with Gasteiger partial charge in [-0.15, -0.1) is 0 Å². The van der Waals surface area contributed by atoms with Gasteiger partial charge in [-0.1, -0.05) is 158 Å². The van der Waals surface area contributed by atoms with E-state index < -0.39 is 0 Å². The molecule has 7 aromatic rings. The number of hydrogen-bond donors (Lipinski definition) is 1. The summed E-state index contributed by atoms with van der Waals surface area (Å²) in [6.07, 6.45) is -0.289. The van der Waals surface area contributed by atoms with E-state index in [2.05, 4.69) is 200 Å². The van der Waals surface area contributed by atoms with E-state index in [0.29, 0.717) is 0 Å². The molecule has 0 aliphatic carbocycles. The molecule has 2 heteroatoms. The van der Waals surface area contributed by atoms with Crippen LogP contribution in [0.2, 0.25) is 0 Å². The lowest BCUT2D eigenvalue weighted by Crippen LogP contribution is -2.11. The van der Waals surface area contributed by atoms with Crippen LogP contribution < -0.4 is 5.32 Å². The summed E-state index contributed by atoms with van der Waals surface area (Å²) in [5, 5.41) is 3.79. The SMILES string of the molecule is CC(=NC(Nc1ccc(-c2ccccc2)c(-c2ccccc2)c1)c1ccccc1)c1cc(-c2ccccc2)cc(-c2ccccc2)c1. The molecule has 0 spiro atoms. The highest BCUT2D eigenvalue weighted by molar-refractivity contribution is 6.01. The zero-order valence-electron chi connectivity index (χ0n) is 26.4. The van der Waals surface area contributed by atoms with E-state index in [0.717, 1.165) is 22.5 Å². The minimum absolute atomic E-state index is 0.289. The molecule has 0 fully saturated rings. The van der Waals surface area contributed by atoms with Gasteiger partial charge < -0.3 is 5.32 Å².